The third-order valence-corrected chi connectivity index (χ3v) is 7.84. The number of thiocarbonyl (C=S) groups is 1. The molecule has 5 rings (SSSR count). The predicted octanol–water partition coefficient (Wildman–Crippen LogP) is 5.71. The fourth-order valence-corrected chi connectivity index (χ4v) is 6.26. The summed E-state index contributed by atoms with van der Waals surface area (Å²) in [5, 5.41) is 15.9. The number of nitro benzene ring substituents is 1. The number of hydrogen-bond donors (Lipinski definition) is 1. The number of nitrogens with one attached hydrogen (secondary N) is 1. The Morgan fingerprint density at radius 2 is 1.92 bits per heavy atom. The lowest BCUT2D eigenvalue weighted by Crippen LogP contribution is -2.40. The number of hydrogen-bond acceptors (Lipinski definition) is 5. The molecule has 8 nitrogen and oxygen atoms in total. The van der Waals surface area contributed by atoms with E-state index in [9.17, 15) is 10.1 Å². The lowest BCUT2D eigenvalue weighted by Gasteiger charge is -2.37. The van der Waals surface area contributed by atoms with Gasteiger partial charge in [0.05, 0.1) is 35.5 Å². The summed E-state index contributed by atoms with van der Waals surface area (Å²) in [4.78, 5) is 18.2. The Morgan fingerprint density at radius 1 is 1.14 bits per heavy atom. The van der Waals surface area contributed by atoms with E-state index in [2.05, 4.69) is 32.8 Å². The van der Waals surface area contributed by atoms with Crippen molar-refractivity contribution in [3.63, 3.8) is 0 Å². The average Bonchev–Trinajstić information content (AvgIpc) is 3.39. The van der Waals surface area contributed by atoms with Crippen LogP contribution in [0.3, 0.4) is 0 Å². The Hall–Kier alpha value is -3.46. The van der Waals surface area contributed by atoms with Gasteiger partial charge in [-0.05, 0) is 68.7 Å². The number of benzene rings is 1. The molecule has 188 valence electrons. The van der Waals surface area contributed by atoms with Crippen molar-refractivity contribution in [3.05, 3.63) is 81.4 Å². The van der Waals surface area contributed by atoms with Crippen LogP contribution in [0.2, 0.25) is 0 Å². The van der Waals surface area contributed by atoms with Crippen molar-refractivity contribution in [2.75, 3.05) is 7.11 Å². The first-order valence-corrected chi connectivity index (χ1v) is 12.8. The number of rotatable bonds is 6. The second-order valence-corrected chi connectivity index (χ2v) is 9.99. The summed E-state index contributed by atoms with van der Waals surface area (Å²) < 4.78 is 7.66. The van der Waals surface area contributed by atoms with Crippen LogP contribution in [-0.2, 0) is 0 Å². The maximum Gasteiger partial charge on any atom is 0.271 e. The molecule has 9 heteroatoms. The normalized spacial score (nSPS) is 20.4. The number of nitro groups is 1. The Morgan fingerprint density at radius 3 is 2.58 bits per heavy atom. The topological polar surface area (TPSA) is 85.5 Å². The first kappa shape index (κ1) is 24.2. The molecular weight excluding hydrogens is 474 g/mol. The smallest absolute Gasteiger partial charge is 0.271 e. The molecule has 3 heterocycles. The van der Waals surface area contributed by atoms with Crippen LogP contribution in [0, 0.1) is 24.0 Å². The molecule has 1 aliphatic carbocycles. The van der Waals surface area contributed by atoms with E-state index in [-0.39, 0.29) is 22.7 Å². The molecule has 3 aromatic rings. The van der Waals surface area contributed by atoms with Crippen molar-refractivity contribution in [1.82, 2.24) is 19.8 Å². The van der Waals surface area contributed by atoms with Gasteiger partial charge in [-0.3, -0.25) is 15.1 Å². The Kier molecular flexibility index (Phi) is 6.66. The van der Waals surface area contributed by atoms with E-state index in [1.165, 1.54) is 25.3 Å². The summed E-state index contributed by atoms with van der Waals surface area (Å²) >= 11 is 5.92. The molecule has 0 amide bonds. The average molecular weight is 506 g/mol. The van der Waals surface area contributed by atoms with Crippen molar-refractivity contribution < 1.29 is 9.66 Å². The van der Waals surface area contributed by atoms with Gasteiger partial charge in [0.2, 0.25) is 0 Å². The van der Waals surface area contributed by atoms with Crippen molar-refractivity contribution in [1.29, 1.82) is 0 Å². The van der Waals surface area contributed by atoms with Crippen molar-refractivity contribution in [2.45, 2.75) is 64.1 Å². The number of non-ortho nitro benzene ring substituents is 1. The Labute approximate surface area is 216 Å². The highest BCUT2D eigenvalue weighted by atomic mass is 32.1. The van der Waals surface area contributed by atoms with Gasteiger partial charge in [-0.15, -0.1) is 0 Å². The molecule has 1 aliphatic heterocycles. The molecule has 2 atom stereocenters. The highest BCUT2D eigenvalue weighted by molar-refractivity contribution is 7.80. The summed E-state index contributed by atoms with van der Waals surface area (Å²) in [5.74, 6) is 0.583. The van der Waals surface area contributed by atoms with Gasteiger partial charge < -0.3 is 19.5 Å². The zero-order valence-electron chi connectivity index (χ0n) is 20.8. The van der Waals surface area contributed by atoms with Crippen molar-refractivity contribution >= 4 is 23.0 Å². The van der Waals surface area contributed by atoms with Gasteiger partial charge in [-0.25, -0.2) is 0 Å². The number of ether oxygens (including phenoxy) is 1. The first-order valence-electron chi connectivity index (χ1n) is 12.4. The van der Waals surface area contributed by atoms with Crippen LogP contribution >= 0.6 is 12.2 Å². The number of aromatic nitrogens is 2. The Balaban J connectivity index is 1.66. The van der Waals surface area contributed by atoms with E-state index in [0.29, 0.717) is 17.5 Å². The quantitative estimate of drug-likeness (QED) is 0.261. The fraction of sp³-hybridized carbons (Fsp3) is 0.407. The van der Waals surface area contributed by atoms with E-state index < -0.39 is 0 Å². The number of pyridine rings is 1. The van der Waals surface area contributed by atoms with Crippen LogP contribution in [0.1, 0.15) is 66.8 Å². The zero-order chi connectivity index (χ0) is 25.4. The summed E-state index contributed by atoms with van der Waals surface area (Å²) in [6, 6.07) is 13.1. The first-order chi connectivity index (χ1) is 17.4. The Bertz CT molecular complexity index is 1290. The molecule has 0 unspecified atom stereocenters. The molecule has 0 radical (unpaired) electrons. The molecule has 0 bridgehead atoms. The maximum absolute atomic E-state index is 11.5. The van der Waals surface area contributed by atoms with E-state index in [1.807, 2.05) is 31.3 Å². The van der Waals surface area contributed by atoms with Crippen LogP contribution in [0.25, 0.3) is 5.69 Å². The summed E-state index contributed by atoms with van der Waals surface area (Å²) in [6.45, 7) is 4.09. The standard InChI is InChI=1S/C27H31N5O3S/c1-17-15-21(18(2)30(17)23-16-20(32(33)34)12-13-24(23)35-3)26-25(22-11-7-8-14-28-22)29-27(36)31(26)19-9-5-4-6-10-19/h7-8,11-16,19,25-26H,4-6,9-10H2,1-3H3,(H,29,36)/t25-,26-/m0/s1. The van der Waals surface area contributed by atoms with Crippen molar-refractivity contribution in [2.24, 2.45) is 0 Å². The van der Waals surface area contributed by atoms with Gasteiger partial charge in [0, 0.05) is 35.8 Å². The van der Waals surface area contributed by atoms with Crippen molar-refractivity contribution in [3.8, 4) is 11.4 Å². The molecule has 2 fully saturated rings. The molecule has 0 spiro atoms. The van der Waals surface area contributed by atoms with Gasteiger partial charge in [-0.2, -0.15) is 0 Å². The highest BCUT2D eigenvalue weighted by Gasteiger charge is 2.44. The van der Waals surface area contributed by atoms with Gasteiger partial charge in [-0.1, -0.05) is 25.3 Å². The van der Waals surface area contributed by atoms with E-state index in [1.54, 1.807) is 19.2 Å². The number of methoxy groups -OCH3 is 1. The summed E-state index contributed by atoms with van der Waals surface area (Å²) in [6.07, 6.45) is 7.72. The minimum absolute atomic E-state index is 0.0266. The second kappa shape index (κ2) is 9.89. The summed E-state index contributed by atoms with van der Waals surface area (Å²) in [7, 11) is 1.58. The van der Waals surface area contributed by atoms with E-state index in [4.69, 9.17) is 17.0 Å². The van der Waals surface area contributed by atoms with Crippen LogP contribution in [0.4, 0.5) is 5.69 Å². The van der Waals surface area contributed by atoms with Gasteiger partial charge in [0.25, 0.3) is 5.69 Å². The molecular formula is C27H31N5O3S. The number of nitrogens with zero attached hydrogens (tertiary/aromatic N) is 4. The fourth-order valence-electron chi connectivity index (χ4n) is 5.88. The predicted molar refractivity (Wildman–Crippen MR) is 143 cm³/mol. The van der Waals surface area contributed by atoms with Crippen LogP contribution in [-0.4, -0.2) is 37.6 Å². The van der Waals surface area contributed by atoms with Crippen LogP contribution < -0.4 is 10.1 Å². The molecule has 2 aromatic heterocycles. The summed E-state index contributed by atoms with van der Waals surface area (Å²) in [5.41, 5.74) is 4.74. The number of aryl methyl sites for hydroxylation is 1. The van der Waals surface area contributed by atoms with Gasteiger partial charge in [0.1, 0.15) is 5.75 Å². The van der Waals surface area contributed by atoms with Crippen LogP contribution in [0.5, 0.6) is 5.75 Å². The molecule has 1 aromatic carbocycles. The lowest BCUT2D eigenvalue weighted by molar-refractivity contribution is -0.384. The minimum Gasteiger partial charge on any atom is -0.495 e. The van der Waals surface area contributed by atoms with E-state index in [0.717, 1.165) is 40.6 Å². The van der Waals surface area contributed by atoms with Gasteiger partial charge in [0.15, 0.2) is 5.11 Å². The minimum atomic E-state index is -0.376. The SMILES string of the molecule is COc1ccc([N+](=O)[O-])cc1-n1c(C)cc([C@H]2[C@H](c3ccccn3)NC(=S)N2C2CCCCC2)c1C. The van der Waals surface area contributed by atoms with Crippen LogP contribution in [0.15, 0.2) is 48.7 Å². The molecule has 2 aliphatic rings. The lowest BCUT2D eigenvalue weighted by atomic mass is 9.90. The molecule has 36 heavy (non-hydrogen) atoms. The second-order valence-electron chi connectivity index (χ2n) is 9.60. The third-order valence-electron chi connectivity index (χ3n) is 7.51. The van der Waals surface area contributed by atoms with E-state index >= 15 is 0 Å². The maximum atomic E-state index is 11.5. The molecule has 1 saturated carbocycles. The zero-order valence-corrected chi connectivity index (χ0v) is 21.6. The molecule has 1 N–H and O–H groups in total. The third kappa shape index (κ3) is 4.21. The highest BCUT2D eigenvalue weighted by Crippen LogP contribution is 2.45. The monoisotopic (exact) mass is 505 g/mol. The molecule has 1 saturated heterocycles. The van der Waals surface area contributed by atoms with Gasteiger partial charge >= 0.3 is 0 Å². The largest absolute Gasteiger partial charge is 0.495 e.